The van der Waals surface area contributed by atoms with Gasteiger partial charge >= 0.3 is 0 Å². The number of nitrogens with zero attached hydrogens (tertiary/aromatic N) is 4. The number of nitrogens with one attached hydrogen (secondary N) is 2. The van der Waals surface area contributed by atoms with Gasteiger partial charge in [0.25, 0.3) is 0 Å². The van der Waals surface area contributed by atoms with Crippen molar-refractivity contribution in [3.63, 3.8) is 0 Å². The van der Waals surface area contributed by atoms with Crippen molar-refractivity contribution in [2.24, 2.45) is 0 Å². The number of hydrogen-bond donors (Lipinski definition) is 3. The number of pyridine rings is 1. The molecule has 3 heterocycles. The number of fused-ring (bicyclic) bond motifs is 1. The Labute approximate surface area is 205 Å². The van der Waals surface area contributed by atoms with Crippen LogP contribution in [-0.4, -0.2) is 37.2 Å². The Kier molecular flexibility index (Phi) is 6.33. The van der Waals surface area contributed by atoms with Gasteiger partial charge in [0.05, 0.1) is 33.8 Å². The molecule has 0 saturated heterocycles. The average Bonchev–Trinajstić information content (AvgIpc) is 3.47. The Morgan fingerprint density at radius 3 is 2.46 bits per heavy atom. The minimum atomic E-state index is -0.632. The molecule has 0 bridgehead atoms. The van der Waals surface area contributed by atoms with Crippen molar-refractivity contribution in [2.75, 3.05) is 17.2 Å². The zero-order valence-electron chi connectivity index (χ0n) is 19.5. The first-order valence-corrected chi connectivity index (χ1v) is 12.4. The fourth-order valence-electron chi connectivity index (χ4n) is 4.58. The van der Waals surface area contributed by atoms with Gasteiger partial charge in [-0.3, -0.25) is 4.98 Å². The molecule has 4 aromatic rings. The van der Waals surface area contributed by atoms with E-state index >= 15 is 0 Å². The monoisotopic (exact) mass is 496 g/mol. The van der Waals surface area contributed by atoms with Crippen molar-refractivity contribution >= 4 is 33.3 Å². The number of aliphatic hydroxyl groups is 1. The first-order valence-electron chi connectivity index (χ1n) is 11.6. The van der Waals surface area contributed by atoms with Crippen LogP contribution in [0, 0.1) is 25.5 Å². The number of rotatable bonds is 7. The lowest BCUT2D eigenvalue weighted by Crippen LogP contribution is -2.39. The van der Waals surface area contributed by atoms with Crippen LogP contribution in [0.5, 0.6) is 0 Å². The molecule has 1 aromatic carbocycles. The molecule has 0 amide bonds. The fourth-order valence-corrected chi connectivity index (χ4v) is 5.69. The highest BCUT2D eigenvalue weighted by molar-refractivity contribution is 7.21. The van der Waals surface area contributed by atoms with Gasteiger partial charge in [-0.25, -0.2) is 18.7 Å². The van der Waals surface area contributed by atoms with E-state index in [-0.39, 0.29) is 24.7 Å². The van der Waals surface area contributed by atoms with Gasteiger partial charge in [0.2, 0.25) is 5.95 Å². The third-order valence-electron chi connectivity index (χ3n) is 6.53. The van der Waals surface area contributed by atoms with E-state index in [9.17, 15) is 13.9 Å². The van der Waals surface area contributed by atoms with Crippen LogP contribution in [-0.2, 0) is 6.54 Å². The topological polar surface area (TPSA) is 95.9 Å². The van der Waals surface area contributed by atoms with Crippen LogP contribution >= 0.6 is 11.3 Å². The summed E-state index contributed by atoms with van der Waals surface area (Å²) in [6, 6.07) is 5.70. The Balaban J connectivity index is 1.57. The zero-order chi connectivity index (χ0) is 24.6. The van der Waals surface area contributed by atoms with Crippen molar-refractivity contribution in [3.8, 4) is 10.6 Å². The maximum absolute atomic E-state index is 14.1. The van der Waals surface area contributed by atoms with Gasteiger partial charge in [0.1, 0.15) is 28.0 Å². The molecule has 35 heavy (non-hydrogen) atoms. The molecule has 182 valence electrons. The summed E-state index contributed by atoms with van der Waals surface area (Å²) in [7, 11) is 0. The predicted octanol–water partition coefficient (Wildman–Crippen LogP) is 5.37. The van der Waals surface area contributed by atoms with Gasteiger partial charge in [0, 0.05) is 18.3 Å². The molecule has 10 heteroatoms. The Morgan fingerprint density at radius 1 is 1.03 bits per heavy atom. The summed E-state index contributed by atoms with van der Waals surface area (Å²) in [5, 5.41) is 17.4. The molecule has 1 saturated carbocycles. The summed E-state index contributed by atoms with van der Waals surface area (Å²) in [5.41, 5.74) is 2.50. The summed E-state index contributed by atoms with van der Waals surface area (Å²) in [4.78, 5) is 18.4. The number of thiazole rings is 1. The van der Waals surface area contributed by atoms with Crippen LogP contribution in [0.3, 0.4) is 0 Å². The van der Waals surface area contributed by atoms with Crippen LogP contribution in [0.25, 0.3) is 20.8 Å². The minimum Gasteiger partial charge on any atom is -0.394 e. The van der Waals surface area contributed by atoms with E-state index in [4.69, 9.17) is 9.97 Å². The first kappa shape index (κ1) is 23.5. The largest absolute Gasteiger partial charge is 0.394 e. The SMILES string of the molecule is Cc1nc(NCc2c(F)cccc2F)nc(NC2(CO)CCCC2)c1-c1nc2c(C)nccc2s1. The van der Waals surface area contributed by atoms with Crippen LogP contribution < -0.4 is 10.6 Å². The van der Waals surface area contributed by atoms with Gasteiger partial charge in [-0.2, -0.15) is 4.98 Å². The quantitative estimate of drug-likeness (QED) is 0.316. The standard InChI is InChI=1S/C25H26F2N6OS/c1-14-20(23-31-21-15(2)28-11-8-19(21)35-23)22(33-25(13-34)9-3-4-10-25)32-24(30-14)29-12-16-17(26)6-5-7-18(16)27/h5-8,11,34H,3-4,9-10,12-13H2,1-2H3,(H2,29,30,32,33). The number of hydrogen-bond acceptors (Lipinski definition) is 8. The van der Waals surface area contributed by atoms with Gasteiger partial charge in [-0.05, 0) is 44.9 Å². The lowest BCUT2D eigenvalue weighted by Gasteiger charge is -2.30. The highest BCUT2D eigenvalue weighted by atomic mass is 32.1. The van der Waals surface area contributed by atoms with Crippen molar-refractivity contribution in [1.82, 2.24) is 19.9 Å². The van der Waals surface area contributed by atoms with Crippen molar-refractivity contribution < 1.29 is 13.9 Å². The number of benzene rings is 1. The van der Waals surface area contributed by atoms with E-state index in [0.717, 1.165) is 52.2 Å². The van der Waals surface area contributed by atoms with Crippen LogP contribution in [0.2, 0.25) is 0 Å². The molecular weight excluding hydrogens is 470 g/mol. The van der Waals surface area contributed by atoms with Crippen LogP contribution in [0.15, 0.2) is 30.5 Å². The second kappa shape index (κ2) is 9.43. The molecule has 0 radical (unpaired) electrons. The molecule has 0 aliphatic heterocycles. The third-order valence-corrected chi connectivity index (χ3v) is 7.56. The predicted molar refractivity (Wildman–Crippen MR) is 134 cm³/mol. The van der Waals surface area contributed by atoms with E-state index in [0.29, 0.717) is 11.5 Å². The molecule has 7 nitrogen and oxygen atoms in total. The van der Waals surface area contributed by atoms with Crippen LogP contribution in [0.1, 0.15) is 42.6 Å². The highest BCUT2D eigenvalue weighted by Crippen LogP contribution is 2.40. The summed E-state index contributed by atoms with van der Waals surface area (Å²) in [5.74, 6) is -0.489. The number of aliphatic hydroxyl groups excluding tert-OH is 1. The van der Waals surface area contributed by atoms with E-state index in [1.54, 1.807) is 6.20 Å². The maximum Gasteiger partial charge on any atom is 0.225 e. The molecule has 3 N–H and O–H groups in total. The molecule has 0 spiro atoms. The Bertz CT molecular complexity index is 1370. The van der Waals surface area contributed by atoms with Gasteiger partial charge < -0.3 is 15.7 Å². The number of anilines is 2. The minimum absolute atomic E-state index is 0.0262. The van der Waals surface area contributed by atoms with Gasteiger partial charge in [-0.15, -0.1) is 11.3 Å². The first-order chi connectivity index (χ1) is 16.9. The molecule has 3 aromatic heterocycles. The molecule has 1 aliphatic rings. The summed E-state index contributed by atoms with van der Waals surface area (Å²) < 4.78 is 29.3. The lowest BCUT2D eigenvalue weighted by atomic mass is 9.98. The molecule has 0 atom stereocenters. The fraction of sp³-hybridized carbons (Fsp3) is 0.360. The average molecular weight is 497 g/mol. The van der Waals surface area contributed by atoms with Crippen LogP contribution in [0.4, 0.5) is 20.5 Å². The highest BCUT2D eigenvalue weighted by Gasteiger charge is 2.35. The lowest BCUT2D eigenvalue weighted by molar-refractivity contribution is 0.214. The van der Waals surface area contributed by atoms with Crippen molar-refractivity contribution in [1.29, 1.82) is 0 Å². The van der Waals surface area contributed by atoms with Gasteiger partial charge in [0.15, 0.2) is 0 Å². The summed E-state index contributed by atoms with van der Waals surface area (Å²) in [6.45, 7) is 3.65. The number of aryl methyl sites for hydroxylation is 2. The molecule has 1 fully saturated rings. The summed E-state index contributed by atoms with van der Waals surface area (Å²) in [6.07, 6.45) is 5.42. The van der Waals surface area contributed by atoms with Gasteiger partial charge in [-0.1, -0.05) is 18.9 Å². The van der Waals surface area contributed by atoms with Crippen molar-refractivity contribution in [2.45, 2.75) is 51.6 Å². The number of halogens is 2. The normalized spacial score (nSPS) is 15.0. The summed E-state index contributed by atoms with van der Waals surface area (Å²) >= 11 is 1.52. The zero-order valence-corrected chi connectivity index (χ0v) is 20.3. The third kappa shape index (κ3) is 4.55. The van der Waals surface area contributed by atoms with E-state index in [2.05, 4.69) is 20.6 Å². The molecule has 0 unspecified atom stereocenters. The molecule has 5 rings (SSSR count). The second-order valence-electron chi connectivity index (χ2n) is 8.94. The number of aromatic nitrogens is 4. The smallest absolute Gasteiger partial charge is 0.225 e. The van der Waals surface area contributed by atoms with E-state index in [1.165, 1.54) is 29.5 Å². The van der Waals surface area contributed by atoms with E-state index < -0.39 is 17.2 Å². The van der Waals surface area contributed by atoms with E-state index in [1.807, 2.05) is 19.9 Å². The van der Waals surface area contributed by atoms with Crippen molar-refractivity contribution in [3.05, 3.63) is 59.0 Å². The second-order valence-corrected chi connectivity index (χ2v) is 9.97. The Morgan fingerprint density at radius 2 is 1.77 bits per heavy atom. The maximum atomic E-state index is 14.1. The molecular formula is C25H26F2N6OS. The Hall–Kier alpha value is -3.24. The molecule has 1 aliphatic carbocycles.